The van der Waals surface area contributed by atoms with E-state index in [1.165, 1.54) is 4.90 Å². The van der Waals surface area contributed by atoms with E-state index in [4.69, 9.17) is 0 Å². The lowest BCUT2D eigenvalue weighted by molar-refractivity contribution is -0.127. The van der Waals surface area contributed by atoms with Gasteiger partial charge in [-0.2, -0.15) is 0 Å². The zero-order chi connectivity index (χ0) is 13.8. The third kappa shape index (κ3) is 1.44. The summed E-state index contributed by atoms with van der Waals surface area (Å²) < 4.78 is 0. The summed E-state index contributed by atoms with van der Waals surface area (Å²) in [5.41, 5.74) is 0.0817. The van der Waals surface area contributed by atoms with Crippen LogP contribution in [-0.2, 0) is 4.79 Å². The summed E-state index contributed by atoms with van der Waals surface area (Å²) in [5, 5.41) is 2.72. The van der Waals surface area contributed by atoms with E-state index in [2.05, 4.69) is 5.32 Å². The lowest BCUT2D eigenvalue weighted by Crippen LogP contribution is -2.48. The second kappa shape index (κ2) is 3.66. The highest BCUT2D eigenvalue weighted by molar-refractivity contribution is 6.21. The summed E-state index contributed by atoms with van der Waals surface area (Å²) in [6, 6.07) is 6.32. The molecule has 0 radical (unpaired) electrons. The number of carbonyl (C=O) groups is 3. The summed E-state index contributed by atoms with van der Waals surface area (Å²) in [6.07, 6.45) is 0. The first-order valence-electron chi connectivity index (χ1n) is 6.20. The van der Waals surface area contributed by atoms with Crippen molar-refractivity contribution < 1.29 is 14.4 Å². The monoisotopic (exact) mass is 258 g/mol. The van der Waals surface area contributed by atoms with Gasteiger partial charge in [0.2, 0.25) is 5.91 Å². The first-order chi connectivity index (χ1) is 8.94. The van der Waals surface area contributed by atoms with Crippen LogP contribution < -0.4 is 5.32 Å². The van der Waals surface area contributed by atoms with Crippen LogP contribution in [0.5, 0.6) is 0 Å². The topological polar surface area (TPSA) is 66.5 Å². The van der Waals surface area contributed by atoms with Crippen LogP contribution in [0.4, 0.5) is 0 Å². The van der Waals surface area contributed by atoms with Gasteiger partial charge in [0.1, 0.15) is 0 Å². The maximum absolute atomic E-state index is 12.4. The van der Waals surface area contributed by atoms with Gasteiger partial charge in [-0.25, -0.2) is 0 Å². The lowest BCUT2D eigenvalue weighted by Gasteiger charge is -2.30. The molecule has 0 saturated carbocycles. The van der Waals surface area contributed by atoms with Gasteiger partial charge in [-0.3, -0.25) is 19.3 Å². The summed E-state index contributed by atoms with van der Waals surface area (Å²) in [5.74, 6) is -0.751. The van der Waals surface area contributed by atoms with Crippen LogP contribution in [0.25, 0.3) is 0 Å². The Hall–Kier alpha value is -2.17. The van der Waals surface area contributed by atoms with Gasteiger partial charge < -0.3 is 5.32 Å². The van der Waals surface area contributed by atoms with Gasteiger partial charge in [0, 0.05) is 6.54 Å². The molecule has 3 rings (SSSR count). The van der Waals surface area contributed by atoms with Crippen LogP contribution in [0.3, 0.4) is 0 Å². The Kier molecular flexibility index (Phi) is 2.29. The first kappa shape index (κ1) is 11.9. The number of rotatable bonds is 1. The van der Waals surface area contributed by atoms with Gasteiger partial charge in [-0.15, -0.1) is 0 Å². The highest BCUT2D eigenvalue weighted by Crippen LogP contribution is 2.35. The number of hydrogen-bond donors (Lipinski definition) is 1. The average molecular weight is 258 g/mol. The molecule has 1 saturated heterocycles. The van der Waals surface area contributed by atoms with Crippen LogP contribution in [0, 0.1) is 5.41 Å². The standard InChI is InChI=1S/C14H14N2O3/c1-14(2)10(7-15-13(14)19)16-11(17)8-5-3-4-6-9(8)12(16)18/h3-6,10H,7H2,1-2H3,(H,15,19)/t10-/m1/s1. The Bertz CT molecular complexity index is 571. The Labute approximate surface area is 110 Å². The van der Waals surface area contributed by atoms with Gasteiger partial charge >= 0.3 is 0 Å². The molecule has 0 aliphatic carbocycles. The van der Waals surface area contributed by atoms with Crippen molar-refractivity contribution in [3.8, 4) is 0 Å². The second-order valence-corrected chi connectivity index (χ2v) is 5.47. The number of amides is 3. The fraction of sp³-hybridized carbons (Fsp3) is 0.357. The lowest BCUT2D eigenvalue weighted by atomic mass is 9.86. The molecule has 5 nitrogen and oxygen atoms in total. The molecule has 0 aromatic heterocycles. The number of nitrogens with one attached hydrogen (secondary N) is 1. The molecule has 19 heavy (non-hydrogen) atoms. The summed E-state index contributed by atoms with van der Waals surface area (Å²) >= 11 is 0. The molecule has 0 bridgehead atoms. The highest BCUT2D eigenvalue weighted by Gasteiger charge is 2.51. The summed E-state index contributed by atoms with van der Waals surface area (Å²) in [7, 11) is 0. The largest absolute Gasteiger partial charge is 0.353 e. The highest BCUT2D eigenvalue weighted by atomic mass is 16.2. The van der Waals surface area contributed by atoms with E-state index in [9.17, 15) is 14.4 Å². The van der Waals surface area contributed by atoms with Gasteiger partial charge in [-0.05, 0) is 26.0 Å². The van der Waals surface area contributed by atoms with Crippen molar-refractivity contribution in [2.45, 2.75) is 19.9 Å². The fourth-order valence-electron chi connectivity index (χ4n) is 2.73. The minimum atomic E-state index is -0.757. The van der Waals surface area contributed by atoms with E-state index >= 15 is 0 Å². The number of nitrogens with zero attached hydrogens (tertiary/aromatic N) is 1. The molecule has 0 spiro atoms. The van der Waals surface area contributed by atoms with Gasteiger partial charge in [-0.1, -0.05) is 12.1 Å². The van der Waals surface area contributed by atoms with Crippen molar-refractivity contribution in [3.63, 3.8) is 0 Å². The van der Waals surface area contributed by atoms with E-state index < -0.39 is 11.5 Å². The summed E-state index contributed by atoms with van der Waals surface area (Å²) in [4.78, 5) is 37.7. The van der Waals surface area contributed by atoms with Crippen molar-refractivity contribution >= 4 is 17.7 Å². The molecule has 1 fully saturated rings. The van der Waals surface area contributed by atoms with Crippen molar-refractivity contribution in [3.05, 3.63) is 35.4 Å². The number of carbonyl (C=O) groups excluding carboxylic acids is 3. The molecule has 1 N–H and O–H groups in total. The Morgan fingerprint density at radius 3 is 2.05 bits per heavy atom. The molecule has 0 unspecified atom stereocenters. The van der Waals surface area contributed by atoms with Crippen LogP contribution in [-0.4, -0.2) is 35.2 Å². The Morgan fingerprint density at radius 1 is 1.11 bits per heavy atom. The fourth-order valence-corrected chi connectivity index (χ4v) is 2.73. The third-order valence-corrected chi connectivity index (χ3v) is 4.01. The molecule has 2 aliphatic heterocycles. The second-order valence-electron chi connectivity index (χ2n) is 5.47. The number of benzene rings is 1. The van der Waals surface area contributed by atoms with E-state index in [1.54, 1.807) is 38.1 Å². The number of fused-ring (bicyclic) bond motifs is 1. The molecule has 2 aliphatic rings. The Morgan fingerprint density at radius 2 is 1.63 bits per heavy atom. The van der Waals surface area contributed by atoms with Crippen LogP contribution in [0.2, 0.25) is 0 Å². The quantitative estimate of drug-likeness (QED) is 0.758. The smallest absolute Gasteiger partial charge is 0.261 e. The van der Waals surface area contributed by atoms with Crippen LogP contribution in [0.15, 0.2) is 24.3 Å². The SMILES string of the molecule is CC1(C)C(=O)NC[C@H]1N1C(=O)c2ccccc2C1=O. The molecule has 1 atom stereocenters. The van der Waals surface area contributed by atoms with Crippen LogP contribution in [0.1, 0.15) is 34.6 Å². The zero-order valence-corrected chi connectivity index (χ0v) is 10.8. The van der Waals surface area contributed by atoms with Gasteiger partial charge in [0.05, 0.1) is 22.6 Å². The first-order valence-corrected chi connectivity index (χ1v) is 6.20. The third-order valence-electron chi connectivity index (χ3n) is 4.01. The van der Waals surface area contributed by atoms with E-state index in [0.29, 0.717) is 17.7 Å². The molecule has 98 valence electrons. The Balaban J connectivity index is 2.04. The zero-order valence-electron chi connectivity index (χ0n) is 10.8. The molecular formula is C14H14N2O3. The van der Waals surface area contributed by atoms with E-state index in [1.807, 2.05) is 0 Å². The number of imide groups is 1. The average Bonchev–Trinajstić information content (AvgIpc) is 2.78. The maximum Gasteiger partial charge on any atom is 0.261 e. The molecule has 2 heterocycles. The molecular weight excluding hydrogens is 244 g/mol. The van der Waals surface area contributed by atoms with Crippen LogP contribution >= 0.6 is 0 Å². The molecule has 3 amide bonds. The predicted octanol–water partition coefficient (Wildman–Crippen LogP) is 0.807. The van der Waals surface area contributed by atoms with Crippen molar-refractivity contribution in [2.24, 2.45) is 5.41 Å². The van der Waals surface area contributed by atoms with Crippen molar-refractivity contribution in [1.82, 2.24) is 10.2 Å². The van der Waals surface area contributed by atoms with Gasteiger partial charge in [0.25, 0.3) is 11.8 Å². The molecule has 5 heteroatoms. The van der Waals surface area contributed by atoms with E-state index in [0.717, 1.165) is 0 Å². The maximum atomic E-state index is 12.4. The molecule has 1 aromatic carbocycles. The minimum Gasteiger partial charge on any atom is -0.353 e. The summed E-state index contributed by atoms with van der Waals surface area (Å²) in [6.45, 7) is 3.82. The van der Waals surface area contributed by atoms with E-state index in [-0.39, 0.29) is 17.7 Å². The minimum absolute atomic E-state index is 0.131. The normalized spacial score (nSPS) is 24.6. The van der Waals surface area contributed by atoms with Gasteiger partial charge in [0.15, 0.2) is 0 Å². The predicted molar refractivity (Wildman–Crippen MR) is 67.5 cm³/mol. The van der Waals surface area contributed by atoms with Crippen molar-refractivity contribution in [1.29, 1.82) is 0 Å². The molecule has 1 aromatic rings. The number of hydrogen-bond acceptors (Lipinski definition) is 3. The van der Waals surface area contributed by atoms with Crippen molar-refractivity contribution in [2.75, 3.05) is 6.54 Å².